The molecular weight excluding hydrogens is 475 g/mol. The summed E-state index contributed by atoms with van der Waals surface area (Å²) in [5, 5.41) is 3.05. The number of halogens is 2. The van der Waals surface area contributed by atoms with Crippen LogP contribution in [0.1, 0.15) is 33.3 Å². The summed E-state index contributed by atoms with van der Waals surface area (Å²) >= 11 is 12.9. The summed E-state index contributed by atoms with van der Waals surface area (Å²) in [7, 11) is 0. The lowest BCUT2D eigenvalue weighted by atomic mass is 10.1. The number of amides is 1. The Hall–Kier alpha value is -2.94. The number of pyridine rings is 1. The highest BCUT2D eigenvalue weighted by Crippen LogP contribution is 2.40. The Morgan fingerprint density at radius 1 is 1.03 bits per heavy atom. The molecule has 0 fully saturated rings. The Morgan fingerprint density at radius 3 is 2.44 bits per heavy atom. The van der Waals surface area contributed by atoms with Gasteiger partial charge in [0.2, 0.25) is 0 Å². The van der Waals surface area contributed by atoms with Gasteiger partial charge in [-0.05, 0) is 37.1 Å². The summed E-state index contributed by atoms with van der Waals surface area (Å²) in [4.78, 5) is 41.8. The largest absolute Gasteiger partial charge is 0.462 e. The van der Waals surface area contributed by atoms with Crippen LogP contribution in [0.15, 0.2) is 42.5 Å². The van der Waals surface area contributed by atoms with Crippen LogP contribution >= 0.6 is 34.5 Å². The van der Waals surface area contributed by atoms with E-state index in [-0.39, 0.29) is 28.0 Å². The van der Waals surface area contributed by atoms with Gasteiger partial charge in [-0.2, -0.15) is 0 Å². The molecule has 7 nitrogen and oxygen atoms in total. The number of esters is 2. The third-order valence-electron chi connectivity index (χ3n) is 4.25. The highest BCUT2D eigenvalue weighted by atomic mass is 35.5. The van der Waals surface area contributed by atoms with Crippen molar-refractivity contribution >= 4 is 57.4 Å². The first-order valence-electron chi connectivity index (χ1n) is 9.46. The summed E-state index contributed by atoms with van der Waals surface area (Å²) < 4.78 is 10.2. The normalized spacial score (nSPS) is 10.5. The number of rotatable bonds is 7. The second-order valence-electron chi connectivity index (χ2n) is 6.44. The standard InChI is InChI=1S/C22H18Cl2N2O5S/c1-3-30-21(28)17-12(2)19(13-7-5-4-6-8-13)32-20(17)26-16(27)11-31-22(29)18-14(23)9-10-15(24)25-18/h4-10H,3,11H2,1-2H3,(H,26,27). The quantitative estimate of drug-likeness (QED) is 0.350. The smallest absolute Gasteiger partial charge is 0.359 e. The number of hydrogen-bond acceptors (Lipinski definition) is 7. The Bertz CT molecular complexity index is 1160. The number of thiophene rings is 1. The summed E-state index contributed by atoms with van der Waals surface area (Å²) in [5.74, 6) is -2.08. The van der Waals surface area contributed by atoms with Crippen molar-refractivity contribution in [3.63, 3.8) is 0 Å². The monoisotopic (exact) mass is 492 g/mol. The molecule has 0 atom stereocenters. The third-order valence-corrected chi connectivity index (χ3v) is 6.03. The van der Waals surface area contributed by atoms with Crippen LogP contribution < -0.4 is 5.32 Å². The molecule has 0 spiro atoms. The minimum atomic E-state index is -0.898. The molecule has 1 amide bonds. The number of carbonyl (C=O) groups is 3. The second-order valence-corrected chi connectivity index (χ2v) is 8.25. The first kappa shape index (κ1) is 23.7. The number of carbonyl (C=O) groups excluding carboxylic acids is 3. The number of aromatic nitrogens is 1. The lowest BCUT2D eigenvalue weighted by Crippen LogP contribution is -2.22. The van der Waals surface area contributed by atoms with Crippen LogP contribution in [0.3, 0.4) is 0 Å². The van der Waals surface area contributed by atoms with Gasteiger partial charge in [0.15, 0.2) is 12.3 Å². The molecule has 32 heavy (non-hydrogen) atoms. The number of nitrogens with one attached hydrogen (secondary N) is 1. The van der Waals surface area contributed by atoms with E-state index in [0.717, 1.165) is 10.4 Å². The molecule has 0 saturated carbocycles. The summed E-state index contributed by atoms with van der Waals surface area (Å²) in [6.45, 7) is 3.06. The zero-order chi connectivity index (χ0) is 23.3. The molecule has 0 bridgehead atoms. The van der Waals surface area contributed by atoms with E-state index in [1.165, 1.54) is 23.5 Å². The third kappa shape index (κ3) is 5.45. The molecule has 2 heterocycles. The minimum absolute atomic E-state index is 0.0470. The van der Waals surface area contributed by atoms with Crippen LogP contribution in [-0.4, -0.2) is 36.0 Å². The maximum atomic E-state index is 12.5. The van der Waals surface area contributed by atoms with Crippen molar-refractivity contribution in [3.05, 3.63) is 69.5 Å². The van der Waals surface area contributed by atoms with E-state index in [1.807, 2.05) is 30.3 Å². The molecule has 0 aliphatic heterocycles. The molecule has 0 saturated heterocycles. The Kier molecular flexibility index (Phi) is 7.84. The highest BCUT2D eigenvalue weighted by molar-refractivity contribution is 7.20. The van der Waals surface area contributed by atoms with Gasteiger partial charge in [0, 0.05) is 4.88 Å². The first-order valence-corrected chi connectivity index (χ1v) is 11.0. The van der Waals surface area contributed by atoms with Crippen LogP contribution in [0, 0.1) is 6.92 Å². The number of nitrogens with zero attached hydrogens (tertiary/aromatic N) is 1. The summed E-state index contributed by atoms with van der Waals surface area (Å²) in [6, 6.07) is 12.3. The van der Waals surface area contributed by atoms with E-state index in [4.69, 9.17) is 32.7 Å². The van der Waals surface area contributed by atoms with Gasteiger partial charge in [-0.1, -0.05) is 53.5 Å². The molecule has 1 N–H and O–H groups in total. The van der Waals surface area contributed by atoms with Gasteiger partial charge in [-0.15, -0.1) is 11.3 Å². The lowest BCUT2D eigenvalue weighted by Gasteiger charge is -2.08. The molecule has 2 aromatic heterocycles. The maximum absolute atomic E-state index is 12.5. The number of anilines is 1. The van der Waals surface area contributed by atoms with Gasteiger partial charge in [0.1, 0.15) is 10.2 Å². The van der Waals surface area contributed by atoms with E-state index in [1.54, 1.807) is 13.8 Å². The molecule has 0 radical (unpaired) electrons. The van der Waals surface area contributed by atoms with E-state index in [2.05, 4.69) is 10.3 Å². The molecule has 10 heteroatoms. The van der Waals surface area contributed by atoms with Crippen LogP contribution in [0.25, 0.3) is 10.4 Å². The van der Waals surface area contributed by atoms with Crippen molar-refractivity contribution < 1.29 is 23.9 Å². The summed E-state index contributed by atoms with van der Waals surface area (Å²) in [6.07, 6.45) is 0. The van der Waals surface area contributed by atoms with Crippen LogP contribution in [0.2, 0.25) is 10.2 Å². The minimum Gasteiger partial charge on any atom is -0.462 e. The van der Waals surface area contributed by atoms with Crippen molar-refractivity contribution in [1.82, 2.24) is 4.98 Å². The predicted molar refractivity (Wildman–Crippen MR) is 124 cm³/mol. The van der Waals surface area contributed by atoms with Gasteiger partial charge in [0.05, 0.1) is 17.2 Å². The van der Waals surface area contributed by atoms with Crippen molar-refractivity contribution in [1.29, 1.82) is 0 Å². The molecule has 1 aromatic carbocycles. The zero-order valence-corrected chi connectivity index (χ0v) is 19.4. The van der Waals surface area contributed by atoms with Crippen molar-refractivity contribution in [2.45, 2.75) is 13.8 Å². The topological polar surface area (TPSA) is 94.6 Å². The van der Waals surface area contributed by atoms with Gasteiger partial charge in [0.25, 0.3) is 5.91 Å². The van der Waals surface area contributed by atoms with E-state index in [0.29, 0.717) is 10.6 Å². The van der Waals surface area contributed by atoms with E-state index < -0.39 is 24.5 Å². The van der Waals surface area contributed by atoms with Crippen LogP contribution in [0.4, 0.5) is 5.00 Å². The fourth-order valence-corrected chi connectivity index (χ4v) is 4.39. The van der Waals surface area contributed by atoms with Crippen molar-refractivity contribution in [3.8, 4) is 10.4 Å². The average Bonchev–Trinajstić information content (AvgIpc) is 3.10. The SMILES string of the molecule is CCOC(=O)c1c(NC(=O)COC(=O)c2nc(Cl)ccc2Cl)sc(-c2ccccc2)c1C. The fraction of sp³-hybridized carbons (Fsp3) is 0.182. The first-order chi connectivity index (χ1) is 15.3. The molecule has 0 aliphatic carbocycles. The Balaban J connectivity index is 1.79. The van der Waals surface area contributed by atoms with Crippen LogP contribution in [-0.2, 0) is 14.3 Å². The van der Waals surface area contributed by atoms with E-state index >= 15 is 0 Å². The number of hydrogen-bond donors (Lipinski definition) is 1. The maximum Gasteiger partial charge on any atom is 0.359 e. The fourth-order valence-electron chi connectivity index (χ4n) is 2.84. The molecule has 0 unspecified atom stereocenters. The van der Waals surface area contributed by atoms with E-state index in [9.17, 15) is 14.4 Å². The Labute approximate surface area is 198 Å². The molecular formula is C22H18Cl2N2O5S. The van der Waals surface area contributed by atoms with Gasteiger partial charge in [-0.3, -0.25) is 4.79 Å². The predicted octanol–water partition coefficient (Wildman–Crippen LogP) is 5.40. The second kappa shape index (κ2) is 10.6. The molecule has 3 rings (SSSR count). The van der Waals surface area contributed by atoms with Gasteiger partial charge < -0.3 is 14.8 Å². The lowest BCUT2D eigenvalue weighted by molar-refractivity contribution is -0.119. The molecule has 166 valence electrons. The summed E-state index contributed by atoms with van der Waals surface area (Å²) in [5.41, 5.74) is 1.64. The zero-order valence-electron chi connectivity index (χ0n) is 17.1. The number of ether oxygens (including phenoxy) is 2. The van der Waals surface area contributed by atoms with Gasteiger partial charge >= 0.3 is 11.9 Å². The molecule has 0 aliphatic rings. The number of benzene rings is 1. The average molecular weight is 493 g/mol. The highest BCUT2D eigenvalue weighted by Gasteiger charge is 2.25. The van der Waals surface area contributed by atoms with Crippen molar-refractivity contribution in [2.75, 3.05) is 18.5 Å². The van der Waals surface area contributed by atoms with Crippen molar-refractivity contribution in [2.24, 2.45) is 0 Å². The Morgan fingerprint density at radius 2 is 1.75 bits per heavy atom. The molecule has 3 aromatic rings. The van der Waals surface area contributed by atoms with Gasteiger partial charge in [-0.25, -0.2) is 14.6 Å². The van der Waals surface area contributed by atoms with Crippen LogP contribution in [0.5, 0.6) is 0 Å².